The van der Waals surface area contributed by atoms with Gasteiger partial charge in [0.1, 0.15) is 5.56 Å². The van der Waals surface area contributed by atoms with Gasteiger partial charge in [0.05, 0.1) is 6.20 Å². The molecule has 1 fully saturated rings. The van der Waals surface area contributed by atoms with Gasteiger partial charge in [-0.05, 0) is 18.3 Å². The standard InChI is InChI=1S/C12H19N3O4S/c1-3-12(2)4-6-15(7-5-12)20(18,19)10-9(11(16)17)8-13-14-10/h8H,3-7H2,1-2H3,(H,13,14)(H,16,17). The number of hydrogen-bond acceptors (Lipinski definition) is 4. The van der Waals surface area contributed by atoms with Crippen LogP contribution in [0.15, 0.2) is 11.2 Å². The molecule has 0 radical (unpaired) electrons. The van der Waals surface area contributed by atoms with Crippen molar-refractivity contribution in [2.45, 2.75) is 38.1 Å². The van der Waals surface area contributed by atoms with E-state index < -0.39 is 16.0 Å². The van der Waals surface area contributed by atoms with Crippen LogP contribution in [0.1, 0.15) is 43.5 Å². The summed E-state index contributed by atoms with van der Waals surface area (Å²) in [5.74, 6) is -1.30. The van der Waals surface area contributed by atoms with Crippen LogP contribution in [0.2, 0.25) is 0 Å². The van der Waals surface area contributed by atoms with Gasteiger partial charge in [-0.2, -0.15) is 9.40 Å². The zero-order chi connectivity index (χ0) is 15.0. The van der Waals surface area contributed by atoms with Crippen molar-refractivity contribution >= 4 is 16.0 Å². The maximum absolute atomic E-state index is 12.5. The average molecular weight is 301 g/mol. The second kappa shape index (κ2) is 5.17. The van der Waals surface area contributed by atoms with Gasteiger partial charge >= 0.3 is 5.97 Å². The summed E-state index contributed by atoms with van der Waals surface area (Å²) in [5.41, 5.74) is -0.149. The van der Waals surface area contributed by atoms with Gasteiger partial charge < -0.3 is 5.11 Å². The van der Waals surface area contributed by atoms with E-state index in [0.717, 1.165) is 25.5 Å². The number of aromatic amines is 1. The monoisotopic (exact) mass is 301 g/mol. The first-order valence-electron chi connectivity index (χ1n) is 6.57. The highest BCUT2D eigenvalue weighted by atomic mass is 32.2. The second-order valence-corrected chi connectivity index (χ2v) is 7.36. The van der Waals surface area contributed by atoms with Crippen molar-refractivity contribution in [3.05, 3.63) is 11.8 Å². The molecule has 1 aliphatic rings. The van der Waals surface area contributed by atoms with E-state index in [1.165, 1.54) is 4.31 Å². The molecule has 2 heterocycles. The molecule has 1 aromatic rings. The van der Waals surface area contributed by atoms with Crippen molar-refractivity contribution in [3.8, 4) is 0 Å². The van der Waals surface area contributed by atoms with Gasteiger partial charge in [0.2, 0.25) is 0 Å². The first kappa shape index (κ1) is 15.0. The Balaban J connectivity index is 2.24. The summed E-state index contributed by atoms with van der Waals surface area (Å²) in [5, 5.41) is 14.5. The molecule has 2 rings (SSSR count). The van der Waals surface area contributed by atoms with E-state index in [2.05, 4.69) is 24.0 Å². The first-order chi connectivity index (χ1) is 9.30. The number of hydrogen-bond donors (Lipinski definition) is 2. The fourth-order valence-electron chi connectivity index (χ4n) is 2.37. The van der Waals surface area contributed by atoms with Crippen LogP contribution in [0.3, 0.4) is 0 Å². The van der Waals surface area contributed by atoms with E-state index in [1.54, 1.807) is 0 Å². The largest absolute Gasteiger partial charge is 0.478 e. The SMILES string of the molecule is CCC1(C)CCN(S(=O)(=O)c2[nH]ncc2C(=O)O)CC1. The number of nitrogens with zero attached hydrogens (tertiary/aromatic N) is 2. The third kappa shape index (κ3) is 2.57. The minimum Gasteiger partial charge on any atom is -0.478 e. The van der Waals surface area contributed by atoms with Gasteiger partial charge in [-0.25, -0.2) is 13.2 Å². The zero-order valence-electron chi connectivity index (χ0n) is 11.6. The second-order valence-electron chi connectivity index (χ2n) is 5.49. The molecule has 7 nitrogen and oxygen atoms in total. The highest BCUT2D eigenvalue weighted by Crippen LogP contribution is 2.35. The number of carboxylic acid groups (broad SMARTS) is 1. The number of carbonyl (C=O) groups is 1. The van der Waals surface area contributed by atoms with E-state index in [-0.39, 0.29) is 16.0 Å². The predicted molar refractivity (Wildman–Crippen MR) is 71.9 cm³/mol. The molecular formula is C12H19N3O4S. The summed E-state index contributed by atoms with van der Waals surface area (Å²) in [6.45, 7) is 5.06. The minimum atomic E-state index is -3.82. The fraction of sp³-hybridized carbons (Fsp3) is 0.667. The minimum absolute atomic E-state index is 0.162. The number of H-pyrrole nitrogens is 1. The Morgan fingerprint density at radius 1 is 1.50 bits per heavy atom. The van der Waals surface area contributed by atoms with Crippen molar-refractivity contribution in [2.75, 3.05) is 13.1 Å². The third-order valence-corrected chi connectivity index (χ3v) is 6.09. The maximum Gasteiger partial charge on any atom is 0.340 e. The number of aromatic nitrogens is 2. The van der Waals surface area contributed by atoms with Gasteiger partial charge in [-0.3, -0.25) is 5.10 Å². The highest BCUT2D eigenvalue weighted by Gasteiger charge is 2.36. The Morgan fingerprint density at radius 3 is 2.60 bits per heavy atom. The lowest BCUT2D eigenvalue weighted by molar-refractivity contribution is 0.0692. The smallest absolute Gasteiger partial charge is 0.340 e. The first-order valence-corrected chi connectivity index (χ1v) is 8.01. The van der Waals surface area contributed by atoms with Crippen molar-refractivity contribution in [2.24, 2.45) is 5.41 Å². The zero-order valence-corrected chi connectivity index (χ0v) is 12.4. The fourth-order valence-corrected chi connectivity index (χ4v) is 3.88. The molecule has 0 spiro atoms. The van der Waals surface area contributed by atoms with E-state index in [9.17, 15) is 13.2 Å². The maximum atomic E-state index is 12.5. The van der Waals surface area contributed by atoms with Crippen LogP contribution in [0.5, 0.6) is 0 Å². The number of piperidine rings is 1. The Bertz CT molecular complexity index is 600. The van der Waals surface area contributed by atoms with E-state index in [0.29, 0.717) is 13.1 Å². The van der Waals surface area contributed by atoms with Gasteiger partial charge in [0.15, 0.2) is 5.03 Å². The summed E-state index contributed by atoms with van der Waals surface area (Å²) in [6.07, 6.45) is 3.58. The molecule has 0 unspecified atom stereocenters. The van der Waals surface area contributed by atoms with Gasteiger partial charge in [-0.1, -0.05) is 20.3 Å². The highest BCUT2D eigenvalue weighted by molar-refractivity contribution is 7.89. The molecule has 0 aliphatic carbocycles. The Morgan fingerprint density at radius 2 is 2.10 bits per heavy atom. The number of aromatic carboxylic acids is 1. The normalized spacial score (nSPS) is 19.9. The topological polar surface area (TPSA) is 103 Å². The van der Waals surface area contributed by atoms with Crippen LogP contribution in [0.4, 0.5) is 0 Å². The number of carboxylic acids is 1. The van der Waals surface area contributed by atoms with Crippen LogP contribution < -0.4 is 0 Å². The third-order valence-electron chi connectivity index (χ3n) is 4.22. The number of sulfonamides is 1. The molecule has 8 heteroatoms. The molecule has 0 bridgehead atoms. The molecule has 0 saturated carbocycles. The molecule has 1 aliphatic heterocycles. The molecule has 112 valence electrons. The van der Waals surface area contributed by atoms with Crippen LogP contribution in [-0.2, 0) is 10.0 Å². The lowest BCUT2D eigenvalue weighted by atomic mass is 9.79. The average Bonchev–Trinajstić information content (AvgIpc) is 2.89. The number of rotatable bonds is 4. The summed E-state index contributed by atoms with van der Waals surface area (Å²) in [6, 6.07) is 0. The summed E-state index contributed by atoms with van der Waals surface area (Å²) < 4.78 is 26.3. The van der Waals surface area contributed by atoms with E-state index >= 15 is 0 Å². The molecule has 0 atom stereocenters. The summed E-state index contributed by atoms with van der Waals surface area (Å²) >= 11 is 0. The predicted octanol–water partition coefficient (Wildman–Crippen LogP) is 1.31. The van der Waals surface area contributed by atoms with Crippen molar-refractivity contribution in [1.29, 1.82) is 0 Å². The van der Waals surface area contributed by atoms with Gasteiger partial charge in [0.25, 0.3) is 10.0 Å². The molecule has 2 N–H and O–H groups in total. The van der Waals surface area contributed by atoms with Crippen molar-refractivity contribution in [1.82, 2.24) is 14.5 Å². The van der Waals surface area contributed by atoms with Crippen molar-refractivity contribution < 1.29 is 18.3 Å². The molecule has 0 aromatic carbocycles. The molecule has 20 heavy (non-hydrogen) atoms. The molecular weight excluding hydrogens is 282 g/mol. The van der Waals surface area contributed by atoms with Crippen LogP contribution in [-0.4, -0.2) is 47.1 Å². The van der Waals surface area contributed by atoms with E-state index in [4.69, 9.17) is 5.11 Å². The van der Waals surface area contributed by atoms with Gasteiger partial charge in [-0.15, -0.1) is 0 Å². The molecule has 1 saturated heterocycles. The Hall–Kier alpha value is -1.41. The summed E-state index contributed by atoms with van der Waals surface area (Å²) in [4.78, 5) is 11.0. The van der Waals surface area contributed by atoms with Crippen molar-refractivity contribution in [3.63, 3.8) is 0 Å². The molecule has 1 aromatic heterocycles. The van der Waals surface area contributed by atoms with E-state index in [1.807, 2.05) is 0 Å². The molecule has 0 amide bonds. The summed E-state index contributed by atoms with van der Waals surface area (Å²) in [7, 11) is -3.82. The van der Waals surface area contributed by atoms with Crippen LogP contribution in [0, 0.1) is 5.41 Å². The Kier molecular flexibility index (Phi) is 3.88. The van der Waals surface area contributed by atoms with Crippen LogP contribution >= 0.6 is 0 Å². The van der Waals surface area contributed by atoms with Crippen LogP contribution in [0.25, 0.3) is 0 Å². The van der Waals surface area contributed by atoms with Gasteiger partial charge in [0, 0.05) is 13.1 Å². The Labute approximate surface area is 118 Å². The quantitative estimate of drug-likeness (QED) is 0.872. The lowest BCUT2D eigenvalue weighted by Gasteiger charge is -2.37. The number of nitrogens with one attached hydrogen (secondary N) is 1. The lowest BCUT2D eigenvalue weighted by Crippen LogP contribution is -2.42.